The van der Waals surface area contributed by atoms with E-state index < -0.39 is 38.3 Å². The number of hydrogen-bond acceptors (Lipinski definition) is 5. The average molecular weight is 508 g/mol. The van der Waals surface area contributed by atoms with Crippen LogP contribution in [-0.2, 0) is 21.9 Å². The number of H-pyrrole nitrogens is 1. The van der Waals surface area contributed by atoms with Gasteiger partial charge in [0.05, 0.1) is 24.6 Å². The van der Waals surface area contributed by atoms with E-state index in [0.717, 1.165) is 23.1 Å². The molecule has 0 aliphatic rings. The molecular formula is C24H27F2N3O5S. The monoisotopic (exact) mass is 507 g/mol. The molecule has 0 spiro atoms. The second-order valence-electron chi connectivity index (χ2n) is 9.13. The van der Waals surface area contributed by atoms with Gasteiger partial charge in [-0.25, -0.2) is 26.7 Å². The Morgan fingerprint density at radius 3 is 2.34 bits per heavy atom. The molecule has 1 aromatic heterocycles. The van der Waals surface area contributed by atoms with E-state index in [2.05, 4.69) is 9.71 Å². The van der Waals surface area contributed by atoms with Gasteiger partial charge < -0.3 is 4.74 Å². The van der Waals surface area contributed by atoms with Crippen LogP contribution in [0.1, 0.15) is 31.9 Å². The molecule has 1 heterocycles. The molecule has 0 bridgehead atoms. The van der Waals surface area contributed by atoms with Crippen molar-refractivity contribution >= 4 is 10.0 Å². The number of nitrogens with one attached hydrogen (secondary N) is 2. The minimum atomic E-state index is -3.39. The van der Waals surface area contributed by atoms with Gasteiger partial charge in [-0.05, 0) is 29.5 Å². The van der Waals surface area contributed by atoms with Crippen LogP contribution in [0.2, 0.25) is 0 Å². The first kappa shape index (κ1) is 26.3. The largest absolute Gasteiger partial charge is 0.496 e. The number of methoxy groups -OCH3 is 1. The number of halogens is 2. The fraction of sp³-hybridized carbons (Fsp3) is 0.333. The van der Waals surface area contributed by atoms with E-state index in [1.807, 2.05) is 20.8 Å². The molecule has 0 amide bonds. The van der Waals surface area contributed by atoms with Crippen LogP contribution < -0.4 is 20.7 Å². The molecule has 0 aliphatic heterocycles. The molecule has 8 nitrogen and oxygen atoms in total. The van der Waals surface area contributed by atoms with Crippen molar-refractivity contribution < 1.29 is 21.9 Å². The zero-order valence-corrected chi connectivity index (χ0v) is 20.8. The van der Waals surface area contributed by atoms with Crippen molar-refractivity contribution in [1.29, 1.82) is 0 Å². The third-order valence-electron chi connectivity index (χ3n) is 5.37. The Kier molecular flexibility index (Phi) is 7.32. The van der Waals surface area contributed by atoms with Crippen molar-refractivity contribution in [3.8, 4) is 22.6 Å². The summed E-state index contributed by atoms with van der Waals surface area (Å²) >= 11 is 0. The number of rotatable bonds is 7. The first-order chi connectivity index (χ1) is 16.2. The predicted molar refractivity (Wildman–Crippen MR) is 130 cm³/mol. The summed E-state index contributed by atoms with van der Waals surface area (Å²) in [5.74, 6) is -1.54. The average Bonchev–Trinajstić information content (AvgIpc) is 2.73. The third-order valence-corrected chi connectivity index (χ3v) is 6.10. The van der Waals surface area contributed by atoms with Crippen LogP contribution in [-0.4, -0.2) is 37.9 Å². The van der Waals surface area contributed by atoms with Gasteiger partial charge >= 0.3 is 5.69 Å². The predicted octanol–water partition coefficient (Wildman–Crippen LogP) is 2.87. The van der Waals surface area contributed by atoms with Crippen LogP contribution in [0.15, 0.2) is 46.1 Å². The van der Waals surface area contributed by atoms with Gasteiger partial charge in [-0.1, -0.05) is 32.9 Å². The van der Waals surface area contributed by atoms with Gasteiger partial charge in [0, 0.05) is 29.9 Å². The fourth-order valence-corrected chi connectivity index (χ4v) is 4.19. The SMILES string of the molecule is COc1c(C(C)(C)C)cc(-n2ccc(=O)[nH]c2=O)c(F)c1-c1ccc(CCNS(C)(=O)=O)cc1F. The molecule has 2 aromatic carbocycles. The lowest BCUT2D eigenvalue weighted by molar-refractivity contribution is 0.395. The molecule has 0 fully saturated rings. The van der Waals surface area contributed by atoms with Gasteiger partial charge in [0.15, 0.2) is 5.82 Å². The Balaban J connectivity index is 2.24. The molecule has 0 saturated carbocycles. The molecule has 0 saturated heterocycles. The van der Waals surface area contributed by atoms with Gasteiger partial charge in [0.1, 0.15) is 11.6 Å². The normalized spacial score (nSPS) is 12.1. The Labute approximate surface area is 201 Å². The topological polar surface area (TPSA) is 110 Å². The van der Waals surface area contributed by atoms with Crippen LogP contribution in [0.5, 0.6) is 5.75 Å². The third kappa shape index (κ3) is 5.85. The van der Waals surface area contributed by atoms with Crippen LogP contribution in [0.3, 0.4) is 0 Å². The first-order valence-corrected chi connectivity index (χ1v) is 12.6. The summed E-state index contributed by atoms with van der Waals surface area (Å²) in [4.78, 5) is 26.0. The van der Waals surface area contributed by atoms with Gasteiger partial charge in [-0.3, -0.25) is 14.3 Å². The Bertz CT molecular complexity index is 1490. The zero-order valence-electron chi connectivity index (χ0n) is 20.0. The maximum absolute atomic E-state index is 16.0. The van der Waals surface area contributed by atoms with E-state index in [9.17, 15) is 18.0 Å². The van der Waals surface area contributed by atoms with Crippen LogP contribution in [0.25, 0.3) is 16.8 Å². The molecule has 2 N–H and O–H groups in total. The highest BCUT2D eigenvalue weighted by Crippen LogP contribution is 2.44. The Hall–Kier alpha value is -3.31. The number of aromatic amines is 1. The van der Waals surface area contributed by atoms with Gasteiger partial charge in [-0.15, -0.1) is 0 Å². The van der Waals surface area contributed by atoms with Crippen LogP contribution in [0, 0.1) is 11.6 Å². The van der Waals surface area contributed by atoms with Crippen molar-refractivity contribution in [2.45, 2.75) is 32.6 Å². The van der Waals surface area contributed by atoms with E-state index in [0.29, 0.717) is 11.1 Å². The fourth-order valence-electron chi connectivity index (χ4n) is 3.72. The summed E-state index contributed by atoms with van der Waals surface area (Å²) in [7, 11) is -2.04. The second-order valence-corrected chi connectivity index (χ2v) is 11.0. The smallest absolute Gasteiger partial charge is 0.333 e. The van der Waals surface area contributed by atoms with Crippen molar-refractivity contribution in [2.75, 3.05) is 19.9 Å². The highest BCUT2D eigenvalue weighted by Gasteiger charge is 2.29. The number of sulfonamides is 1. The molecule has 3 rings (SSSR count). The lowest BCUT2D eigenvalue weighted by atomic mass is 9.83. The molecule has 188 valence electrons. The lowest BCUT2D eigenvalue weighted by Crippen LogP contribution is -2.28. The summed E-state index contributed by atoms with van der Waals surface area (Å²) in [6.45, 7) is 5.66. The van der Waals surface area contributed by atoms with Gasteiger partial charge in [0.2, 0.25) is 10.0 Å². The van der Waals surface area contributed by atoms with E-state index in [1.54, 1.807) is 6.07 Å². The number of benzene rings is 2. The lowest BCUT2D eigenvalue weighted by Gasteiger charge is -2.26. The number of hydrogen-bond donors (Lipinski definition) is 2. The highest BCUT2D eigenvalue weighted by atomic mass is 32.2. The summed E-state index contributed by atoms with van der Waals surface area (Å²) in [5, 5.41) is 0. The zero-order chi connectivity index (χ0) is 26.1. The van der Waals surface area contributed by atoms with Crippen LogP contribution in [0.4, 0.5) is 8.78 Å². The molecule has 0 atom stereocenters. The van der Waals surface area contributed by atoms with Gasteiger partial charge in [-0.2, -0.15) is 0 Å². The van der Waals surface area contributed by atoms with E-state index in [-0.39, 0.29) is 35.5 Å². The molecule has 0 radical (unpaired) electrons. The minimum absolute atomic E-state index is 0.0775. The minimum Gasteiger partial charge on any atom is -0.496 e. The molecular weight excluding hydrogens is 480 g/mol. The molecule has 0 aliphatic carbocycles. The second kappa shape index (κ2) is 9.74. The van der Waals surface area contributed by atoms with Crippen molar-refractivity contribution in [3.05, 3.63) is 80.1 Å². The van der Waals surface area contributed by atoms with E-state index in [1.165, 1.54) is 25.3 Å². The maximum Gasteiger partial charge on any atom is 0.333 e. The van der Waals surface area contributed by atoms with Crippen LogP contribution >= 0.6 is 0 Å². The summed E-state index contributed by atoms with van der Waals surface area (Å²) < 4.78 is 62.6. The molecule has 35 heavy (non-hydrogen) atoms. The Morgan fingerprint density at radius 1 is 1.11 bits per heavy atom. The first-order valence-electron chi connectivity index (χ1n) is 10.7. The summed E-state index contributed by atoms with van der Waals surface area (Å²) in [6, 6.07) is 6.69. The number of ether oxygens (including phenoxy) is 1. The standard InChI is InChI=1S/C24H27F2N3O5S/c1-24(2,3)16-13-18(29-11-9-19(30)28-23(29)31)21(26)20(22(16)34-4)15-7-6-14(12-17(15)25)8-10-27-35(5,32)33/h6-7,9,11-13,27H,8,10H2,1-5H3,(H,28,30,31). The van der Waals surface area contributed by atoms with Crippen molar-refractivity contribution in [1.82, 2.24) is 14.3 Å². The molecule has 11 heteroatoms. The summed E-state index contributed by atoms with van der Waals surface area (Å²) in [6.07, 6.45) is 2.40. The highest BCUT2D eigenvalue weighted by molar-refractivity contribution is 7.88. The summed E-state index contributed by atoms with van der Waals surface area (Å²) in [5.41, 5.74) is -1.48. The van der Waals surface area contributed by atoms with Gasteiger partial charge in [0.25, 0.3) is 5.56 Å². The number of aromatic nitrogens is 2. The molecule has 3 aromatic rings. The van der Waals surface area contributed by atoms with Crippen molar-refractivity contribution in [2.24, 2.45) is 0 Å². The quantitative estimate of drug-likeness (QED) is 0.511. The molecule has 0 unspecified atom stereocenters. The Morgan fingerprint density at radius 2 is 1.80 bits per heavy atom. The van der Waals surface area contributed by atoms with Crippen molar-refractivity contribution in [3.63, 3.8) is 0 Å². The maximum atomic E-state index is 16.0. The van der Waals surface area contributed by atoms with E-state index >= 15 is 8.78 Å². The number of nitrogens with zero attached hydrogens (tertiary/aromatic N) is 1. The van der Waals surface area contributed by atoms with E-state index in [4.69, 9.17) is 4.74 Å².